The van der Waals surface area contributed by atoms with Crippen molar-refractivity contribution in [1.29, 1.82) is 0 Å². The van der Waals surface area contributed by atoms with E-state index in [0.717, 1.165) is 37.1 Å². The summed E-state index contributed by atoms with van der Waals surface area (Å²) in [5, 5.41) is 5.50. The lowest BCUT2D eigenvalue weighted by Crippen LogP contribution is -2.35. The first-order valence-electron chi connectivity index (χ1n) is 10.9. The summed E-state index contributed by atoms with van der Waals surface area (Å²) in [5.41, 5.74) is 2.96. The fraction of sp³-hybridized carbons (Fsp3) is 0.417. The third kappa shape index (κ3) is 8.42. The minimum Gasteiger partial charge on any atom is -0.367 e. The second-order valence-corrected chi connectivity index (χ2v) is 8.01. The fourth-order valence-electron chi connectivity index (χ4n) is 3.51. The molecule has 6 nitrogen and oxygen atoms in total. The first-order chi connectivity index (χ1) is 15.8. The number of benzene rings is 2. The summed E-state index contributed by atoms with van der Waals surface area (Å²) in [6.45, 7) is 0.788. The maximum atomic E-state index is 12.5. The van der Waals surface area contributed by atoms with Crippen molar-refractivity contribution in [1.82, 2.24) is 15.5 Å². The van der Waals surface area contributed by atoms with Gasteiger partial charge in [-0.05, 0) is 48.1 Å². The molecule has 0 saturated carbocycles. The molecule has 3 rings (SSSR count). The van der Waals surface area contributed by atoms with Crippen molar-refractivity contribution < 1.29 is 27.5 Å². The van der Waals surface area contributed by atoms with Gasteiger partial charge < -0.3 is 20.3 Å². The molecule has 1 saturated heterocycles. The Labute approximate surface area is 191 Å². The molecule has 1 aliphatic heterocycles. The van der Waals surface area contributed by atoms with Crippen LogP contribution in [0.4, 0.5) is 18.0 Å². The number of halogens is 3. The number of amides is 3. The number of hydrogen-bond donors (Lipinski definition) is 2. The molecule has 9 heteroatoms. The molecule has 0 aliphatic carbocycles. The molecule has 3 amide bonds. The van der Waals surface area contributed by atoms with Crippen molar-refractivity contribution in [3.63, 3.8) is 0 Å². The Bertz CT molecular complexity index is 909. The molecule has 1 aliphatic rings. The van der Waals surface area contributed by atoms with Gasteiger partial charge in [0.15, 0.2) is 0 Å². The maximum Gasteiger partial charge on any atom is 0.411 e. The molecule has 33 heavy (non-hydrogen) atoms. The molecule has 0 atom stereocenters. The Kier molecular flexibility index (Phi) is 8.71. The molecule has 0 unspecified atom stereocenters. The van der Waals surface area contributed by atoms with Crippen molar-refractivity contribution in [2.45, 2.75) is 45.1 Å². The smallest absolute Gasteiger partial charge is 0.367 e. The number of ether oxygens (including phenoxy) is 1. The van der Waals surface area contributed by atoms with E-state index >= 15 is 0 Å². The standard InChI is InChI=1S/C24H28F3N3O3/c25-24(26,27)17-33-16-20-6-4-18(5-7-20)14-28-23(32)29-15-19-8-10-21(11-9-19)22(31)30-12-2-1-3-13-30/h4-11H,1-3,12-17H2,(H2,28,29,32). The van der Waals surface area contributed by atoms with Crippen LogP contribution in [0.25, 0.3) is 0 Å². The fourth-order valence-corrected chi connectivity index (χ4v) is 3.51. The predicted molar refractivity (Wildman–Crippen MR) is 117 cm³/mol. The Morgan fingerprint density at radius 3 is 1.88 bits per heavy atom. The van der Waals surface area contributed by atoms with E-state index in [9.17, 15) is 22.8 Å². The number of hydrogen-bond acceptors (Lipinski definition) is 3. The molecule has 0 spiro atoms. The summed E-state index contributed by atoms with van der Waals surface area (Å²) in [5.74, 6) is 0.0462. The summed E-state index contributed by atoms with van der Waals surface area (Å²) in [7, 11) is 0. The topological polar surface area (TPSA) is 70.7 Å². The highest BCUT2D eigenvalue weighted by Gasteiger charge is 2.27. The minimum absolute atomic E-state index is 0.0462. The van der Waals surface area contributed by atoms with Crippen LogP contribution in [-0.2, 0) is 24.4 Å². The van der Waals surface area contributed by atoms with Gasteiger partial charge in [-0.3, -0.25) is 4.79 Å². The summed E-state index contributed by atoms with van der Waals surface area (Å²) in [6, 6.07) is 13.7. The van der Waals surface area contributed by atoms with Gasteiger partial charge in [-0.25, -0.2) is 4.79 Å². The zero-order valence-corrected chi connectivity index (χ0v) is 18.3. The number of nitrogens with zero attached hydrogens (tertiary/aromatic N) is 1. The van der Waals surface area contributed by atoms with Crippen LogP contribution in [0.3, 0.4) is 0 Å². The number of rotatable bonds is 8. The van der Waals surface area contributed by atoms with E-state index in [0.29, 0.717) is 17.7 Å². The van der Waals surface area contributed by atoms with Crippen molar-refractivity contribution in [3.05, 3.63) is 70.8 Å². The van der Waals surface area contributed by atoms with Crippen LogP contribution in [-0.4, -0.2) is 42.7 Å². The van der Waals surface area contributed by atoms with Gasteiger partial charge in [0.25, 0.3) is 5.91 Å². The van der Waals surface area contributed by atoms with Crippen LogP contribution in [0.1, 0.15) is 46.3 Å². The van der Waals surface area contributed by atoms with Gasteiger partial charge in [-0.1, -0.05) is 36.4 Å². The van der Waals surface area contributed by atoms with Crippen LogP contribution in [0.5, 0.6) is 0 Å². The second-order valence-electron chi connectivity index (χ2n) is 8.01. The minimum atomic E-state index is -4.34. The lowest BCUT2D eigenvalue weighted by atomic mass is 10.1. The molecule has 0 radical (unpaired) electrons. The summed E-state index contributed by atoms with van der Waals surface area (Å²) in [6.07, 6.45) is -1.08. The highest BCUT2D eigenvalue weighted by Crippen LogP contribution is 2.16. The van der Waals surface area contributed by atoms with Crippen LogP contribution >= 0.6 is 0 Å². The Balaban J connectivity index is 1.37. The first kappa shape index (κ1) is 24.6. The third-order valence-corrected chi connectivity index (χ3v) is 5.31. The number of carbonyl (C=O) groups is 2. The highest BCUT2D eigenvalue weighted by molar-refractivity contribution is 5.94. The molecule has 2 aromatic carbocycles. The lowest BCUT2D eigenvalue weighted by molar-refractivity contribution is -0.176. The van der Waals surface area contributed by atoms with Crippen LogP contribution in [0, 0.1) is 0 Å². The predicted octanol–water partition coefficient (Wildman–Crippen LogP) is 4.39. The highest BCUT2D eigenvalue weighted by atomic mass is 19.4. The number of alkyl halides is 3. The van der Waals surface area contributed by atoms with E-state index in [2.05, 4.69) is 15.4 Å². The number of carbonyl (C=O) groups excluding carboxylic acids is 2. The molecule has 0 bridgehead atoms. The van der Waals surface area contributed by atoms with E-state index in [1.165, 1.54) is 6.42 Å². The summed E-state index contributed by atoms with van der Waals surface area (Å²) in [4.78, 5) is 26.4. The lowest BCUT2D eigenvalue weighted by Gasteiger charge is -2.26. The van der Waals surface area contributed by atoms with Crippen LogP contribution in [0.15, 0.2) is 48.5 Å². The van der Waals surface area contributed by atoms with E-state index in [-0.39, 0.29) is 25.1 Å². The van der Waals surface area contributed by atoms with Gasteiger partial charge in [-0.15, -0.1) is 0 Å². The van der Waals surface area contributed by atoms with E-state index in [1.54, 1.807) is 36.4 Å². The summed E-state index contributed by atoms with van der Waals surface area (Å²) < 4.78 is 40.9. The largest absolute Gasteiger partial charge is 0.411 e. The number of nitrogens with one attached hydrogen (secondary N) is 2. The number of urea groups is 1. The van der Waals surface area contributed by atoms with Crippen molar-refractivity contribution in [2.75, 3.05) is 19.7 Å². The molecule has 178 valence electrons. The first-order valence-corrected chi connectivity index (χ1v) is 10.9. The molecule has 1 heterocycles. The van der Waals surface area contributed by atoms with Crippen LogP contribution in [0.2, 0.25) is 0 Å². The van der Waals surface area contributed by atoms with E-state index in [1.807, 2.05) is 17.0 Å². The van der Waals surface area contributed by atoms with Gasteiger partial charge in [-0.2, -0.15) is 13.2 Å². The Morgan fingerprint density at radius 2 is 1.33 bits per heavy atom. The van der Waals surface area contributed by atoms with Gasteiger partial charge in [0.2, 0.25) is 0 Å². The molecule has 2 N–H and O–H groups in total. The van der Waals surface area contributed by atoms with Crippen molar-refractivity contribution >= 4 is 11.9 Å². The van der Waals surface area contributed by atoms with Crippen molar-refractivity contribution in [3.8, 4) is 0 Å². The summed E-state index contributed by atoms with van der Waals surface area (Å²) >= 11 is 0. The van der Waals surface area contributed by atoms with E-state index < -0.39 is 12.8 Å². The molecular formula is C24H28F3N3O3. The zero-order valence-electron chi connectivity index (χ0n) is 18.3. The SMILES string of the molecule is O=C(NCc1ccc(COCC(F)(F)F)cc1)NCc1ccc(C(=O)N2CCCCC2)cc1. The van der Waals surface area contributed by atoms with E-state index in [4.69, 9.17) is 0 Å². The molecule has 2 aromatic rings. The molecule has 0 aromatic heterocycles. The van der Waals surface area contributed by atoms with Gasteiger partial charge in [0, 0.05) is 31.7 Å². The second kappa shape index (κ2) is 11.7. The monoisotopic (exact) mass is 463 g/mol. The molecular weight excluding hydrogens is 435 g/mol. The quantitative estimate of drug-likeness (QED) is 0.610. The zero-order chi connectivity index (χ0) is 23.7. The number of piperidine rings is 1. The van der Waals surface area contributed by atoms with Gasteiger partial charge >= 0.3 is 12.2 Å². The Morgan fingerprint density at radius 1 is 0.818 bits per heavy atom. The Hall–Kier alpha value is -3.07. The van der Waals surface area contributed by atoms with Gasteiger partial charge in [0.05, 0.1) is 6.61 Å². The van der Waals surface area contributed by atoms with Crippen molar-refractivity contribution in [2.24, 2.45) is 0 Å². The van der Waals surface area contributed by atoms with Crippen LogP contribution < -0.4 is 10.6 Å². The average molecular weight is 464 g/mol. The average Bonchev–Trinajstić information content (AvgIpc) is 2.82. The van der Waals surface area contributed by atoms with Gasteiger partial charge in [0.1, 0.15) is 6.61 Å². The third-order valence-electron chi connectivity index (χ3n) is 5.31. The maximum absolute atomic E-state index is 12.5. The number of likely N-dealkylation sites (tertiary alicyclic amines) is 1. The molecule has 1 fully saturated rings. The normalized spacial score (nSPS) is 14.1.